The van der Waals surface area contributed by atoms with Crippen molar-refractivity contribution in [1.29, 1.82) is 0 Å². The molecule has 0 saturated heterocycles. The van der Waals surface area contributed by atoms with Crippen molar-refractivity contribution in [2.45, 2.75) is 52.2 Å². The Kier molecular flexibility index (Phi) is 5.99. The van der Waals surface area contributed by atoms with Crippen LogP contribution in [-0.2, 0) is 17.7 Å². The van der Waals surface area contributed by atoms with E-state index in [2.05, 4.69) is 21.4 Å². The van der Waals surface area contributed by atoms with Gasteiger partial charge in [0.2, 0.25) is 0 Å². The summed E-state index contributed by atoms with van der Waals surface area (Å²) in [5, 5.41) is 5.55. The molecule has 2 heterocycles. The Bertz CT molecular complexity index is 1100. The third-order valence-electron chi connectivity index (χ3n) is 5.12. The lowest BCUT2D eigenvalue weighted by Crippen LogP contribution is -2.27. The number of anilines is 2. The van der Waals surface area contributed by atoms with E-state index in [4.69, 9.17) is 9.72 Å². The molecule has 0 saturated carbocycles. The van der Waals surface area contributed by atoms with E-state index in [1.165, 1.54) is 12.8 Å². The van der Waals surface area contributed by atoms with Gasteiger partial charge in [-0.3, -0.25) is 10.1 Å². The summed E-state index contributed by atoms with van der Waals surface area (Å²) in [4.78, 5) is 29.4. The molecule has 2 N–H and O–H groups in total. The molecule has 7 heteroatoms. The van der Waals surface area contributed by atoms with Gasteiger partial charge in [0.25, 0.3) is 5.91 Å². The van der Waals surface area contributed by atoms with Crippen LogP contribution in [-0.4, -0.2) is 27.2 Å². The van der Waals surface area contributed by atoms with E-state index in [1.807, 2.05) is 24.3 Å². The summed E-state index contributed by atoms with van der Waals surface area (Å²) in [6, 6.07) is 14.4. The average molecular weight is 433 g/mol. The number of fused-ring (bicyclic) bond motifs is 1. The van der Waals surface area contributed by atoms with Crippen LogP contribution in [0.25, 0.3) is 11.3 Å². The molecule has 7 nitrogen and oxygen atoms in total. The zero-order valence-corrected chi connectivity index (χ0v) is 18.6. The Balaban J connectivity index is 1.40. The van der Waals surface area contributed by atoms with E-state index < -0.39 is 11.7 Å². The number of aryl methyl sites for hydroxylation is 2. The summed E-state index contributed by atoms with van der Waals surface area (Å²) < 4.78 is 7.48. The standard InChI is InChI=1S/C25H28N4O3/c1-25(2,3)32-24(31)27-20-8-6-7-18(15-20)23(30)26-19-12-10-17(11-13-19)21-16-29-14-5-4-9-22(29)28-21/h6-8,10-13,15-16H,4-5,9,14H2,1-3H3,(H,26,30)(H,27,31). The van der Waals surface area contributed by atoms with Gasteiger partial charge in [-0.25, -0.2) is 9.78 Å². The minimum absolute atomic E-state index is 0.261. The molecule has 32 heavy (non-hydrogen) atoms. The fraction of sp³-hybridized carbons (Fsp3) is 0.320. The highest BCUT2D eigenvalue weighted by atomic mass is 16.6. The molecule has 0 spiro atoms. The van der Waals surface area contributed by atoms with Crippen molar-refractivity contribution in [2.24, 2.45) is 0 Å². The molecule has 0 aliphatic carbocycles. The van der Waals surface area contributed by atoms with Crippen LogP contribution in [0.1, 0.15) is 49.8 Å². The second-order valence-corrected chi connectivity index (χ2v) is 8.93. The lowest BCUT2D eigenvalue weighted by molar-refractivity contribution is 0.0635. The van der Waals surface area contributed by atoms with Gasteiger partial charge in [-0.05, 0) is 63.9 Å². The largest absolute Gasteiger partial charge is 0.444 e. The van der Waals surface area contributed by atoms with Crippen molar-refractivity contribution >= 4 is 23.4 Å². The van der Waals surface area contributed by atoms with Crippen LogP contribution < -0.4 is 10.6 Å². The molecule has 1 aromatic heterocycles. The number of hydrogen-bond acceptors (Lipinski definition) is 4. The number of ether oxygens (including phenoxy) is 1. The predicted molar refractivity (Wildman–Crippen MR) is 125 cm³/mol. The Labute approximate surface area is 187 Å². The Morgan fingerprint density at radius 1 is 1.00 bits per heavy atom. The van der Waals surface area contributed by atoms with Gasteiger partial charge in [-0.15, -0.1) is 0 Å². The first-order valence-electron chi connectivity index (χ1n) is 10.8. The summed E-state index contributed by atoms with van der Waals surface area (Å²) in [6.45, 7) is 6.41. The number of hydrogen-bond donors (Lipinski definition) is 2. The molecule has 0 atom stereocenters. The highest BCUT2D eigenvalue weighted by Gasteiger charge is 2.17. The van der Waals surface area contributed by atoms with Crippen molar-refractivity contribution < 1.29 is 14.3 Å². The van der Waals surface area contributed by atoms with Crippen LogP contribution in [0.5, 0.6) is 0 Å². The molecule has 0 fully saturated rings. The lowest BCUT2D eigenvalue weighted by atomic mass is 10.1. The molecule has 0 bridgehead atoms. The fourth-order valence-electron chi connectivity index (χ4n) is 3.64. The van der Waals surface area contributed by atoms with Gasteiger partial charge >= 0.3 is 6.09 Å². The zero-order valence-electron chi connectivity index (χ0n) is 18.6. The number of carbonyl (C=O) groups excluding carboxylic acids is 2. The van der Waals surface area contributed by atoms with Crippen LogP contribution in [0, 0.1) is 0 Å². The zero-order chi connectivity index (χ0) is 22.7. The second-order valence-electron chi connectivity index (χ2n) is 8.93. The quantitative estimate of drug-likeness (QED) is 0.571. The van der Waals surface area contributed by atoms with Crippen LogP contribution in [0.4, 0.5) is 16.2 Å². The highest BCUT2D eigenvalue weighted by Crippen LogP contribution is 2.24. The number of imidazole rings is 1. The first-order chi connectivity index (χ1) is 15.3. The topological polar surface area (TPSA) is 85.2 Å². The number of nitrogens with one attached hydrogen (secondary N) is 2. The highest BCUT2D eigenvalue weighted by molar-refractivity contribution is 6.05. The van der Waals surface area contributed by atoms with Gasteiger partial charge < -0.3 is 14.6 Å². The fourth-order valence-corrected chi connectivity index (χ4v) is 3.64. The van der Waals surface area contributed by atoms with Gasteiger partial charge in [0.05, 0.1) is 5.69 Å². The minimum atomic E-state index is -0.596. The summed E-state index contributed by atoms with van der Waals surface area (Å²) in [7, 11) is 0. The molecule has 2 aromatic carbocycles. The average Bonchev–Trinajstić information content (AvgIpc) is 3.17. The Morgan fingerprint density at radius 3 is 2.50 bits per heavy atom. The number of amides is 2. The molecule has 4 rings (SSSR count). The molecular weight excluding hydrogens is 404 g/mol. The molecule has 166 valence electrons. The maximum absolute atomic E-state index is 12.7. The SMILES string of the molecule is CC(C)(C)OC(=O)Nc1cccc(C(=O)Nc2ccc(-c3cn4c(n3)CCCC4)cc2)c1. The van der Waals surface area contributed by atoms with Crippen molar-refractivity contribution in [1.82, 2.24) is 9.55 Å². The van der Waals surface area contributed by atoms with E-state index in [1.54, 1.807) is 45.0 Å². The maximum Gasteiger partial charge on any atom is 0.412 e. The number of nitrogens with zero attached hydrogens (tertiary/aromatic N) is 2. The minimum Gasteiger partial charge on any atom is -0.444 e. The van der Waals surface area contributed by atoms with E-state index in [9.17, 15) is 9.59 Å². The van der Waals surface area contributed by atoms with E-state index >= 15 is 0 Å². The van der Waals surface area contributed by atoms with Crippen LogP contribution in [0.3, 0.4) is 0 Å². The second kappa shape index (κ2) is 8.86. The van der Waals surface area contributed by atoms with Crippen LogP contribution in [0.15, 0.2) is 54.7 Å². The first kappa shape index (κ1) is 21.6. The molecule has 3 aromatic rings. The molecule has 1 aliphatic heterocycles. The number of rotatable bonds is 4. The van der Waals surface area contributed by atoms with Gasteiger partial charge in [0.15, 0.2) is 0 Å². The summed E-state index contributed by atoms with van der Waals surface area (Å²) in [5.41, 5.74) is 3.00. The van der Waals surface area contributed by atoms with Crippen molar-refractivity contribution in [3.8, 4) is 11.3 Å². The third-order valence-corrected chi connectivity index (χ3v) is 5.12. The number of benzene rings is 2. The first-order valence-corrected chi connectivity index (χ1v) is 10.8. The molecule has 2 amide bonds. The van der Waals surface area contributed by atoms with Crippen molar-refractivity contribution in [3.05, 3.63) is 66.1 Å². The smallest absolute Gasteiger partial charge is 0.412 e. The lowest BCUT2D eigenvalue weighted by Gasteiger charge is -2.19. The normalized spacial score (nSPS) is 13.2. The summed E-state index contributed by atoms with van der Waals surface area (Å²) in [5.74, 6) is 0.881. The third kappa shape index (κ3) is 5.35. The van der Waals surface area contributed by atoms with Crippen molar-refractivity contribution in [3.63, 3.8) is 0 Å². The van der Waals surface area contributed by atoms with Crippen LogP contribution in [0.2, 0.25) is 0 Å². The molecule has 1 aliphatic rings. The number of aromatic nitrogens is 2. The predicted octanol–water partition coefficient (Wildman–Crippen LogP) is 5.49. The van der Waals surface area contributed by atoms with E-state index in [-0.39, 0.29) is 5.91 Å². The van der Waals surface area contributed by atoms with E-state index in [0.29, 0.717) is 16.9 Å². The van der Waals surface area contributed by atoms with Gasteiger partial charge in [-0.2, -0.15) is 0 Å². The van der Waals surface area contributed by atoms with Gasteiger partial charge in [-0.1, -0.05) is 18.2 Å². The molecule has 0 radical (unpaired) electrons. The molecular formula is C25H28N4O3. The van der Waals surface area contributed by atoms with Crippen molar-refractivity contribution in [2.75, 3.05) is 10.6 Å². The van der Waals surface area contributed by atoms with Gasteiger partial charge in [0.1, 0.15) is 11.4 Å². The number of carbonyl (C=O) groups is 2. The maximum atomic E-state index is 12.7. The summed E-state index contributed by atoms with van der Waals surface area (Å²) >= 11 is 0. The monoisotopic (exact) mass is 432 g/mol. The Morgan fingerprint density at radius 2 is 1.78 bits per heavy atom. The Hall–Kier alpha value is -3.61. The van der Waals surface area contributed by atoms with Crippen LogP contribution >= 0.6 is 0 Å². The van der Waals surface area contributed by atoms with Gasteiger partial charge in [0, 0.05) is 41.7 Å². The van der Waals surface area contributed by atoms with E-state index in [0.717, 1.165) is 30.0 Å². The summed E-state index contributed by atoms with van der Waals surface area (Å²) in [6.07, 6.45) is 4.95. The molecule has 0 unspecified atom stereocenters.